The molecule has 0 saturated heterocycles. The molecule has 2 rings (SSSR count). The maximum Gasteiger partial charge on any atom is 0.193 e. The number of hydrogen-bond acceptors (Lipinski definition) is 2. The average molecular weight is 315 g/mol. The van der Waals surface area contributed by atoms with E-state index < -0.39 is 0 Å². The van der Waals surface area contributed by atoms with Crippen molar-refractivity contribution >= 4 is 11.6 Å². The number of rotatable bonds is 7. The first-order valence-electron chi connectivity index (χ1n) is 7.57. The maximum absolute atomic E-state index is 13.1. The second-order valence-electron chi connectivity index (χ2n) is 5.22. The van der Waals surface area contributed by atoms with Crippen LogP contribution in [-0.2, 0) is 17.8 Å². The average Bonchev–Trinajstić information content (AvgIpc) is 2.54. The predicted octanol–water partition coefficient (Wildman–Crippen LogP) is 3.33. The van der Waals surface area contributed by atoms with Gasteiger partial charge >= 0.3 is 0 Å². The molecule has 2 aromatic rings. The van der Waals surface area contributed by atoms with Crippen molar-refractivity contribution in [2.45, 2.75) is 19.4 Å². The molecule has 122 valence electrons. The van der Waals surface area contributed by atoms with E-state index in [1.807, 2.05) is 30.3 Å². The van der Waals surface area contributed by atoms with E-state index in [1.165, 1.54) is 6.07 Å². The number of anilines is 1. The molecule has 3 N–H and O–H groups in total. The molecule has 0 heterocycles. The lowest BCUT2D eigenvalue weighted by Gasteiger charge is -2.10. The molecular weight excluding hydrogens is 293 g/mol. The van der Waals surface area contributed by atoms with Crippen molar-refractivity contribution in [3.63, 3.8) is 0 Å². The van der Waals surface area contributed by atoms with Crippen molar-refractivity contribution in [2.24, 2.45) is 10.7 Å². The third kappa shape index (κ3) is 5.71. The van der Waals surface area contributed by atoms with Gasteiger partial charge in [-0.1, -0.05) is 30.3 Å². The van der Waals surface area contributed by atoms with Crippen LogP contribution in [0.25, 0.3) is 0 Å². The largest absolute Gasteiger partial charge is 0.380 e. The third-order valence-corrected chi connectivity index (χ3v) is 3.37. The number of nitrogens with one attached hydrogen (secondary N) is 1. The molecule has 0 saturated carbocycles. The Morgan fingerprint density at radius 2 is 2.04 bits per heavy atom. The van der Waals surface area contributed by atoms with E-state index in [9.17, 15) is 4.39 Å². The number of hydrogen-bond donors (Lipinski definition) is 2. The van der Waals surface area contributed by atoms with Crippen molar-refractivity contribution in [3.05, 3.63) is 65.5 Å². The number of para-hydroxylation sites is 1. The number of guanidine groups is 1. The molecule has 0 aliphatic carbocycles. The van der Waals surface area contributed by atoms with E-state index in [0.29, 0.717) is 19.1 Å². The number of benzene rings is 2. The zero-order valence-corrected chi connectivity index (χ0v) is 13.3. The highest BCUT2D eigenvalue weighted by Gasteiger charge is 2.02. The fraction of sp³-hybridized carbons (Fsp3) is 0.278. The van der Waals surface area contributed by atoms with E-state index in [2.05, 4.69) is 10.3 Å². The number of nitrogens with zero attached hydrogens (tertiary/aromatic N) is 1. The molecule has 0 bridgehead atoms. The van der Waals surface area contributed by atoms with E-state index in [-0.39, 0.29) is 5.82 Å². The highest BCUT2D eigenvalue weighted by atomic mass is 19.1. The molecule has 0 aliphatic heterocycles. The van der Waals surface area contributed by atoms with Gasteiger partial charge in [-0.2, -0.15) is 0 Å². The van der Waals surface area contributed by atoms with Gasteiger partial charge in [-0.3, -0.25) is 4.99 Å². The van der Waals surface area contributed by atoms with E-state index in [1.54, 1.807) is 19.2 Å². The molecule has 5 heteroatoms. The normalized spacial score (nSPS) is 11.5. The summed E-state index contributed by atoms with van der Waals surface area (Å²) in [6, 6.07) is 14.4. The summed E-state index contributed by atoms with van der Waals surface area (Å²) in [7, 11) is 1.65. The van der Waals surface area contributed by atoms with Gasteiger partial charge in [0, 0.05) is 24.9 Å². The Hall–Kier alpha value is -2.40. The zero-order chi connectivity index (χ0) is 16.5. The predicted molar refractivity (Wildman–Crippen MR) is 92.0 cm³/mol. The van der Waals surface area contributed by atoms with Gasteiger partial charge in [0.15, 0.2) is 5.96 Å². The summed E-state index contributed by atoms with van der Waals surface area (Å²) in [4.78, 5) is 4.31. The minimum atomic E-state index is -0.207. The Balaban J connectivity index is 1.84. The minimum Gasteiger partial charge on any atom is -0.380 e. The lowest BCUT2D eigenvalue weighted by molar-refractivity contribution is 0.185. The lowest BCUT2D eigenvalue weighted by Crippen LogP contribution is -2.23. The standard InChI is InChI=1S/C18H22FN3O/c1-23-13-15-8-2-3-10-17(15)22-18(20)21-11-5-7-14-6-4-9-16(19)12-14/h2-4,6,8-10,12H,5,7,11,13H2,1H3,(H3,20,21,22). The quantitative estimate of drug-likeness (QED) is 0.468. The molecule has 2 aromatic carbocycles. The van der Waals surface area contributed by atoms with Crippen LogP contribution in [0.15, 0.2) is 53.5 Å². The first kappa shape index (κ1) is 17.0. The Morgan fingerprint density at radius 1 is 1.22 bits per heavy atom. The highest BCUT2D eigenvalue weighted by molar-refractivity contribution is 5.92. The molecule has 0 fully saturated rings. The second kappa shape index (κ2) is 8.90. The molecule has 0 amide bonds. The van der Waals surface area contributed by atoms with Crippen molar-refractivity contribution in [2.75, 3.05) is 19.0 Å². The second-order valence-corrected chi connectivity index (χ2v) is 5.22. The van der Waals surface area contributed by atoms with Gasteiger partial charge in [0.05, 0.1) is 6.61 Å². The molecule has 0 spiro atoms. The molecule has 0 aliphatic rings. The lowest BCUT2D eigenvalue weighted by atomic mass is 10.1. The van der Waals surface area contributed by atoms with Crippen LogP contribution >= 0.6 is 0 Å². The SMILES string of the molecule is COCc1ccccc1NC(N)=NCCCc1cccc(F)c1. The van der Waals surface area contributed by atoms with Crippen LogP contribution in [0, 0.1) is 5.82 Å². The molecule has 0 aromatic heterocycles. The minimum absolute atomic E-state index is 0.207. The van der Waals surface area contributed by atoms with Crippen molar-refractivity contribution in [3.8, 4) is 0 Å². The van der Waals surface area contributed by atoms with E-state index in [4.69, 9.17) is 10.5 Å². The van der Waals surface area contributed by atoms with Gasteiger partial charge in [0.1, 0.15) is 5.82 Å². The molecule has 4 nitrogen and oxygen atoms in total. The zero-order valence-electron chi connectivity index (χ0n) is 13.3. The number of nitrogens with two attached hydrogens (primary N) is 1. The summed E-state index contributed by atoms with van der Waals surface area (Å²) in [5, 5.41) is 3.09. The van der Waals surface area contributed by atoms with Gasteiger partial charge in [-0.25, -0.2) is 4.39 Å². The van der Waals surface area contributed by atoms with Gasteiger partial charge in [-0.05, 0) is 36.6 Å². The van der Waals surface area contributed by atoms with Crippen LogP contribution in [0.3, 0.4) is 0 Å². The molecule has 23 heavy (non-hydrogen) atoms. The number of methoxy groups -OCH3 is 1. The Bertz CT molecular complexity index is 658. The smallest absolute Gasteiger partial charge is 0.193 e. The first-order chi connectivity index (χ1) is 11.2. The van der Waals surface area contributed by atoms with Gasteiger partial charge in [0.2, 0.25) is 0 Å². The Labute approximate surface area is 136 Å². The Morgan fingerprint density at radius 3 is 2.83 bits per heavy atom. The molecular formula is C18H22FN3O. The van der Waals surface area contributed by atoms with Crippen molar-refractivity contribution < 1.29 is 9.13 Å². The maximum atomic E-state index is 13.1. The summed E-state index contributed by atoms with van der Waals surface area (Å²) in [6.07, 6.45) is 1.58. The van der Waals surface area contributed by atoms with Crippen LogP contribution in [0.4, 0.5) is 10.1 Å². The van der Waals surface area contributed by atoms with E-state index in [0.717, 1.165) is 29.7 Å². The molecule has 0 atom stereocenters. The van der Waals surface area contributed by atoms with Crippen LogP contribution < -0.4 is 11.1 Å². The van der Waals surface area contributed by atoms with E-state index >= 15 is 0 Å². The van der Waals surface area contributed by atoms with Crippen molar-refractivity contribution in [1.82, 2.24) is 0 Å². The topological polar surface area (TPSA) is 59.6 Å². The number of halogens is 1. The summed E-state index contributed by atoms with van der Waals surface area (Å²) >= 11 is 0. The van der Waals surface area contributed by atoms with Crippen molar-refractivity contribution in [1.29, 1.82) is 0 Å². The fourth-order valence-corrected chi connectivity index (χ4v) is 2.28. The first-order valence-corrected chi connectivity index (χ1v) is 7.57. The molecule has 0 unspecified atom stereocenters. The number of aliphatic imine (C=N–C) groups is 1. The summed E-state index contributed by atoms with van der Waals surface area (Å²) < 4.78 is 18.2. The number of aryl methyl sites for hydroxylation is 1. The fourth-order valence-electron chi connectivity index (χ4n) is 2.28. The van der Waals surface area contributed by atoms with Crippen LogP contribution in [-0.4, -0.2) is 19.6 Å². The van der Waals surface area contributed by atoms with Gasteiger partial charge in [0.25, 0.3) is 0 Å². The summed E-state index contributed by atoms with van der Waals surface area (Å²) in [5.41, 5.74) is 8.79. The molecule has 0 radical (unpaired) electrons. The summed E-state index contributed by atoms with van der Waals surface area (Å²) in [6.45, 7) is 1.10. The Kier molecular flexibility index (Phi) is 6.56. The third-order valence-electron chi connectivity index (χ3n) is 3.37. The number of ether oxygens (including phenoxy) is 1. The summed E-state index contributed by atoms with van der Waals surface area (Å²) in [5.74, 6) is 0.162. The van der Waals surface area contributed by atoms with Crippen LogP contribution in [0.2, 0.25) is 0 Å². The van der Waals surface area contributed by atoms with Gasteiger partial charge < -0.3 is 15.8 Å². The monoisotopic (exact) mass is 315 g/mol. The van der Waals surface area contributed by atoms with Crippen LogP contribution in [0.5, 0.6) is 0 Å². The van der Waals surface area contributed by atoms with Crippen LogP contribution in [0.1, 0.15) is 17.5 Å². The highest BCUT2D eigenvalue weighted by Crippen LogP contribution is 2.15. The van der Waals surface area contributed by atoms with Gasteiger partial charge in [-0.15, -0.1) is 0 Å².